The van der Waals surface area contributed by atoms with E-state index in [2.05, 4.69) is 4.98 Å². The first kappa shape index (κ1) is 15.0. The first-order valence-electron chi connectivity index (χ1n) is 7.94. The van der Waals surface area contributed by atoms with Gasteiger partial charge in [-0.05, 0) is 25.7 Å². The van der Waals surface area contributed by atoms with Gasteiger partial charge >= 0.3 is 0 Å². The molecule has 2 heterocycles. The van der Waals surface area contributed by atoms with Crippen LogP contribution in [-0.2, 0) is 11.3 Å². The van der Waals surface area contributed by atoms with E-state index in [0.29, 0.717) is 6.54 Å². The molecule has 5 heteroatoms. The fourth-order valence-electron chi connectivity index (χ4n) is 3.73. The molecule has 2 fully saturated rings. The molecule has 1 aromatic rings. The van der Waals surface area contributed by atoms with Crippen molar-refractivity contribution in [1.82, 2.24) is 9.55 Å². The maximum atomic E-state index is 12.2. The Morgan fingerprint density at radius 3 is 2.81 bits per heavy atom. The molecule has 0 radical (unpaired) electrons. The molecule has 1 unspecified atom stereocenters. The summed E-state index contributed by atoms with van der Waals surface area (Å²) in [4.78, 5) is 16.6. The van der Waals surface area contributed by atoms with E-state index >= 15 is 0 Å². The summed E-state index contributed by atoms with van der Waals surface area (Å²) < 4.78 is 8.06. The Labute approximate surface area is 130 Å². The minimum Gasteiger partial charge on any atom is -0.370 e. The van der Waals surface area contributed by atoms with Crippen molar-refractivity contribution in [2.45, 2.75) is 76.5 Å². The first-order chi connectivity index (χ1) is 9.99. The highest BCUT2D eigenvalue weighted by molar-refractivity contribution is 6.29. The fourth-order valence-corrected chi connectivity index (χ4v) is 3.91. The smallest absolute Gasteiger partial charge is 0.255 e. The fraction of sp³-hybridized carbons (Fsp3) is 0.750. The van der Waals surface area contributed by atoms with Crippen LogP contribution in [0.2, 0.25) is 5.15 Å². The predicted octanol–water partition coefficient (Wildman–Crippen LogP) is 3.51. The van der Waals surface area contributed by atoms with Crippen molar-refractivity contribution in [2.24, 2.45) is 0 Å². The third-order valence-corrected chi connectivity index (χ3v) is 4.96. The van der Waals surface area contributed by atoms with Gasteiger partial charge < -0.3 is 4.74 Å². The van der Waals surface area contributed by atoms with Crippen LogP contribution in [0.15, 0.2) is 10.9 Å². The van der Waals surface area contributed by atoms with Gasteiger partial charge in [-0.25, -0.2) is 4.98 Å². The second kappa shape index (κ2) is 5.73. The van der Waals surface area contributed by atoms with Crippen molar-refractivity contribution in [3.63, 3.8) is 0 Å². The van der Waals surface area contributed by atoms with Crippen LogP contribution in [0.1, 0.15) is 64.1 Å². The molecule has 0 bridgehead atoms. The van der Waals surface area contributed by atoms with E-state index in [4.69, 9.17) is 16.3 Å². The Morgan fingerprint density at radius 1 is 1.43 bits per heavy atom. The van der Waals surface area contributed by atoms with Crippen LogP contribution in [0.4, 0.5) is 0 Å². The number of hydrogen-bond acceptors (Lipinski definition) is 3. The maximum absolute atomic E-state index is 12.2. The molecule has 1 aliphatic carbocycles. The molecule has 21 heavy (non-hydrogen) atoms. The van der Waals surface area contributed by atoms with Crippen molar-refractivity contribution in [2.75, 3.05) is 0 Å². The summed E-state index contributed by atoms with van der Waals surface area (Å²) in [5.74, 6) is 0.918. The monoisotopic (exact) mass is 310 g/mol. The second-order valence-corrected chi connectivity index (χ2v) is 7.10. The minimum absolute atomic E-state index is 0.0744. The Kier molecular flexibility index (Phi) is 4.10. The molecule has 1 saturated heterocycles. The topological polar surface area (TPSA) is 44.1 Å². The molecule has 0 N–H and O–H groups in total. The van der Waals surface area contributed by atoms with E-state index in [1.807, 2.05) is 13.8 Å². The zero-order chi connectivity index (χ0) is 15.0. The largest absolute Gasteiger partial charge is 0.370 e. The van der Waals surface area contributed by atoms with Crippen molar-refractivity contribution >= 4 is 11.6 Å². The standard InChI is InChI=1S/C16H23ClN2O2/c1-11(2)15-18-13(17)9-14(20)19(15)10-12-5-8-16(21-12)6-3-4-7-16/h9,11-12H,3-8,10H2,1-2H3. The van der Waals surface area contributed by atoms with Crippen molar-refractivity contribution < 1.29 is 4.74 Å². The van der Waals surface area contributed by atoms with E-state index in [-0.39, 0.29) is 28.3 Å². The van der Waals surface area contributed by atoms with Crippen LogP contribution in [0.25, 0.3) is 0 Å². The van der Waals surface area contributed by atoms with Crippen LogP contribution in [0.5, 0.6) is 0 Å². The number of ether oxygens (including phenoxy) is 1. The summed E-state index contributed by atoms with van der Waals surface area (Å²) in [6.07, 6.45) is 7.18. The Morgan fingerprint density at radius 2 is 2.14 bits per heavy atom. The molecule has 2 aliphatic rings. The van der Waals surface area contributed by atoms with Crippen LogP contribution in [-0.4, -0.2) is 21.3 Å². The lowest BCUT2D eigenvalue weighted by molar-refractivity contribution is -0.0425. The molecule has 1 atom stereocenters. The molecule has 1 aromatic heterocycles. The van der Waals surface area contributed by atoms with E-state index in [9.17, 15) is 4.79 Å². The first-order valence-corrected chi connectivity index (χ1v) is 8.32. The van der Waals surface area contributed by atoms with Gasteiger partial charge in [-0.15, -0.1) is 0 Å². The Bertz CT molecular complexity index is 576. The van der Waals surface area contributed by atoms with E-state index in [0.717, 1.165) is 18.7 Å². The minimum atomic E-state index is -0.0744. The molecule has 1 spiro atoms. The Hall–Kier alpha value is -0.870. The van der Waals surface area contributed by atoms with Crippen molar-refractivity contribution in [3.05, 3.63) is 27.4 Å². The van der Waals surface area contributed by atoms with Gasteiger partial charge in [-0.2, -0.15) is 0 Å². The number of aromatic nitrogens is 2. The quantitative estimate of drug-likeness (QED) is 0.802. The number of rotatable bonds is 3. The van der Waals surface area contributed by atoms with Crippen molar-refractivity contribution in [1.29, 1.82) is 0 Å². The summed E-state index contributed by atoms with van der Waals surface area (Å²) in [7, 11) is 0. The lowest BCUT2D eigenvalue weighted by Gasteiger charge is -2.24. The summed E-state index contributed by atoms with van der Waals surface area (Å²) in [6, 6.07) is 1.40. The zero-order valence-corrected chi connectivity index (χ0v) is 13.5. The molecule has 0 amide bonds. The normalized spacial score (nSPS) is 24.3. The van der Waals surface area contributed by atoms with Gasteiger partial charge in [0.05, 0.1) is 18.2 Å². The average Bonchev–Trinajstić information content (AvgIpc) is 3.03. The van der Waals surface area contributed by atoms with Gasteiger partial charge in [0, 0.05) is 12.0 Å². The lowest BCUT2D eigenvalue weighted by atomic mass is 9.98. The molecular weight excluding hydrogens is 288 g/mol. The second-order valence-electron chi connectivity index (χ2n) is 6.71. The maximum Gasteiger partial charge on any atom is 0.255 e. The van der Waals surface area contributed by atoms with E-state index < -0.39 is 0 Å². The summed E-state index contributed by atoms with van der Waals surface area (Å²) in [6.45, 7) is 4.66. The predicted molar refractivity (Wildman–Crippen MR) is 82.9 cm³/mol. The van der Waals surface area contributed by atoms with Gasteiger partial charge in [0.1, 0.15) is 11.0 Å². The van der Waals surface area contributed by atoms with E-state index in [1.165, 1.54) is 31.7 Å². The van der Waals surface area contributed by atoms with Gasteiger partial charge in [0.25, 0.3) is 5.56 Å². The number of nitrogens with zero attached hydrogens (tertiary/aromatic N) is 2. The lowest BCUT2D eigenvalue weighted by Crippen LogP contribution is -2.32. The molecular formula is C16H23ClN2O2. The van der Waals surface area contributed by atoms with Gasteiger partial charge in [0.15, 0.2) is 0 Å². The zero-order valence-electron chi connectivity index (χ0n) is 12.8. The van der Waals surface area contributed by atoms with Gasteiger partial charge in [0.2, 0.25) is 0 Å². The molecule has 0 aromatic carbocycles. The summed E-state index contributed by atoms with van der Waals surface area (Å²) in [5, 5.41) is 0.277. The summed E-state index contributed by atoms with van der Waals surface area (Å²) in [5.41, 5.74) is 0.0289. The van der Waals surface area contributed by atoms with Crippen LogP contribution in [0.3, 0.4) is 0 Å². The average molecular weight is 311 g/mol. The number of hydrogen-bond donors (Lipinski definition) is 0. The van der Waals surface area contributed by atoms with Crippen LogP contribution < -0.4 is 5.56 Å². The molecule has 116 valence electrons. The molecule has 4 nitrogen and oxygen atoms in total. The molecule has 1 aliphatic heterocycles. The van der Waals surface area contributed by atoms with Gasteiger partial charge in [-0.1, -0.05) is 38.3 Å². The third-order valence-electron chi connectivity index (χ3n) is 4.76. The molecule has 3 rings (SSSR count). The highest BCUT2D eigenvalue weighted by Gasteiger charge is 2.42. The summed E-state index contributed by atoms with van der Waals surface area (Å²) >= 11 is 5.93. The third kappa shape index (κ3) is 3.02. The highest BCUT2D eigenvalue weighted by Crippen LogP contribution is 2.43. The van der Waals surface area contributed by atoms with Crippen LogP contribution in [0, 0.1) is 0 Å². The van der Waals surface area contributed by atoms with Crippen molar-refractivity contribution in [3.8, 4) is 0 Å². The van der Waals surface area contributed by atoms with Gasteiger partial charge in [-0.3, -0.25) is 9.36 Å². The molecule has 1 saturated carbocycles. The van der Waals surface area contributed by atoms with Crippen LogP contribution >= 0.6 is 11.6 Å². The SMILES string of the molecule is CC(C)c1nc(Cl)cc(=O)n1CC1CCC2(CCCC2)O1. The highest BCUT2D eigenvalue weighted by atomic mass is 35.5. The van der Waals surface area contributed by atoms with E-state index in [1.54, 1.807) is 4.57 Å². The Balaban J connectivity index is 1.81. The number of halogens is 1.